The zero-order valence-electron chi connectivity index (χ0n) is 32.3. The number of carbonyl (C=O) groups is 4. The average Bonchev–Trinajstić information content (AvgIpc) is 3.31. The van der Waals surface area contributed by atoms with Crippen LogP contribution in [0.5, 0.6) is 5.75 Å². The van der Waals surface area contributed by atoms with Gasteiger partial charge in [0.25, 0.3) is 0 Å². The number of benzene rings is 1. The Labute approximate surface area is 313 Å². The second kappa shape index (κ2) is 15.4. The molecule has 0 bridgehead atoms. The van der Waals surface area contributed by atoms with Crippen molar-refractivity contribution in [1.29, 1.82) is 0 Å². The summed E-state index contributed by atoms with van der Waals surface area (Å²) in [5.74, 6) is -3.09. The summed E-state index contributed by atoms with van der Waals surface area (Å²) in [6, 6.07) is 7.71. The minimum Gasteiger partial charge on any atom is -0.489 e. The summed E-state index contributed by atoms with van der Waals surface area (Å²) < 4.78 is 36.9. The third-order valence-electron chi connectivity index (χ3n) is 12.8. The van der Waals surface area contributed by atoms with Gasteiger partial charge in [-0.2, -0.15) is 0 Å². The molecule has 0 aromatic heterocycles. The molecule has 11 heteroatoms. The van der Waals surface area contributed by atoms with Gasteiger partial charge in [0, 0.05) is 44.9 Å². The van der Waals surface area contributed by atoms with Gasteiger partial charge in [0.05, 0.1) is 24.2 Å². The summed E-state index contributed by atoms with van der Waals surface area (Å²) in [4.78, 5) is 51.8. The largest absolute Gasteiger partial charge is 0.489 e. The zero-order chi connectivity index (χ0) is 38.9. The van der Waals surface area contributed by atoms with Gasteiger partial charge in [-0.3, -0.25) is 19.2 Å². The smallest absolute Gasteiger partial charge is 0.303 e. The quantitative estimate of drug-likeness (QED) is 0.166. The van der Waals surface area contributed by atoms with E-state index in [1.807, 2.05) is 50.3 Å². The van der Waals surface area contributed by atoms with Gasteiger partial charge in [-0.15, -0.1) is 0 Å². The summed E-state index contributed by atoms with van der Waals surface area (Å²) in [6.45, 7) is 17.4. The summed E-state index contributed by atoms with van der Waals surface area (Å²) in [5, 5.41) is 13.1. The molecular weight excluding hydrogens is 680 g/mol. The van der Waals surface area contributed by atoms with Crippen LogP contribution < -0.4 is 4.74 Å². The van der Waals surface area contributed by atoms with Gasteiger partial charge < -0.3 is 33.5 Å². The van der Waals surface area contributed by atoms with Crippen molar-refractivity contribution >= 4 is 23.9 Å². The minimum atomic E-state index is -1.38. The maximum Gasteiger partial charge on any atom is 0.303 e. The lowest BCUT2D eigenvalue weighted by Gasteiger charge is -2.71. The molecule has 1 heterocycles. The van der Waals surface area contributed by atoms with Crippen LogP contribution in [0.15, 0.2) is 60.7 Å². The first-order chi connectivity index (χ1) is 25.0. The third-order valence-corrected chi connectivity index (χ3v) is 12.8. The molecule has 4 aliphatic rings. The van der Waals surface area contributed by atoms with Crippen LogP contribution in [0.25, 0.3) is 0 Å². The molecule has 0 amide bonds. The maximum absolute atomic E-state index is 13.2. The van der Waals surface area contributed by atoms with E-state index in [2.05, 4.69) is 19.6 Å². The number of esters is 4. The molecule has 5 unspecified atom stereocenters. The van der Waals surface area contributed by atoms with E-state index in [4.69, 9.17) is 28.4 Å². The van der Waals surface area contributed by atoms with Crippen LogP contribution in [0.4, 0.5) is 0 Å². The fraction of sp³-hybridized carbons (Fsp3) is 0.619. The summed E-state index contributed by atoms with van der Waals surface area (Å²) >= 11 is 0. The van der Waals surface area contributed by atoms with E-state index in [9.17, 15) is 24.3 Å². The predicted molar refractivity (Wildman–Crippen MR) is 195 cm³/mol. The summed E-state index contributed by atoms with van der Waals surface area (Å²) in [5.41, 5.74) is -2.76. The van der Waals surface area contributed by atoms with Gasteiger partial charge in [-0.25, -0.2) is 0 Å². The number of hydrogen-bond donors (Lipinski definition) is 1. The van der Waals surface area contributed by atoms with Crippen LogP contribution in [0.2, 0.25) is 0 Å². The van der Waals surface area contributed by atoms with Crippen LogP contribution in [-0.2, 0) is 49.3 Å². The van der Waals surface area contributed by atoms with E-state index in [1.165, 1.54) is 27.7 Å². The molecule has 3 aliphatic carbocycles. The number of rotatable bonds is 11. The van der Waals surface area contributed by atoms with Gasteiger partial charge in [0.1, 0.15) is 30.7 Å². The Bertz CT molecular complexity index is 1650. The van der Waals surface area contributed by atoms with Gasteiger partial charge in [-0.1, -0.05) is 56.9 Å². The summed E-state index contributed by atoms with van der Waals surface area (Å²) in [6.07, 6.45) is 5.46. The SMILES string of the molecule is C=CCOc1ccccc1CC[C@]1(O)C(C)=C[C@@H](OC(C)=O)[C@]2(C)C3C(OC(C)=O)[C@H](OC(C)=O)[C@@]4(C(C)OC(C)=O)COCC=CC4[C@]3(C)CCC21. The van der Waals surface area contributed by atoms with Gasteiger partial charge in [0.15, 0.2) is 6.10 Å². The number of para-hydroxylation sites is 1. The monoisotopic (exact) mass is 736 g/mol. The second-order valence-corrected chi connectivity index (χ2v) is 15.8. The van der Waals surface area contributed by atoms with Gasteiger partial charge in [-0.05, 0) is 74.1 Å². The lowest BCUT2D eigenvalue weighted by atomic mass is 9.35. The highest BCUT2D eigenvalue weighted by molar-refractivity contribution is 5.68. The van der Waals surface area contributed by atoms with Crippen LogP contribution in [0.1, 0.15) is 80.2 Å². The number of aryl methyl sites for hydroxylation is 1. The minimum absolute atomic E-state index is 0.0426. The lowest BCUT2D eigenvalue weighted by Crippen LogP contribution is -2.76. The molecule has 11 atom stereocenters. The van der Waals surface area contributed by atoms with E-state index < -0.39 is 87.9 Å². The van der Waals surface area contributed by atoms with Crippen molar-refractivity contribution in [3.63, 3.8) is 0 Å². The lowest BCUT2D eigenvalue weighted by molar-refractivity contribution is -0.304. The molecule has 1 aliphatic heterocycles. The highest BCUT2D eigenvalue weighted by atomic mass is 16.6. The fourth-order valence-electron chi connectivity index (χ4n) is 10.9. The molecule has 0 saturated heterocycles. The van der Waals surface area contributed by atoms with Crippen molar-refractivity contribution in [3.8, 4) is 5.75 Å². The van der Waals surface area contributed by atoms with Crippen LogP contribution in [-0.4, -0.2) is 78.8 Å². The molecule has 2 fully saturated rings. The Morgan fingerprint density at radius 1 is 1.02 bits per heavy atom. The number of ether oxygens (including phenoxy) is 6. The highest BCUT2D eigenvalue weighted by Gasteiger charge is 2.76. The molecule has 11 nitrogen and oxygen atoms in total. The second-order valence-electron chi connectivity index (χ2n) is 15.8. The zero-order valence-corrected chi connectivity index (χ0v) is 32.3. The highest BCUT2D eigenvalue weighted by Crippen LogP contribution is 2.72. The molecule has 1 N–H and O–H groups in total. The van der Waals surface area contributed by atoms with Crippen molar-refractivity contribution in [1.82, 2.24) is 0 Å². The molecule has 53 heavy (non-hydrogen) atoms. The molecule has 0 spiro atoms. The first-order valence-electron chi connectivity index (χ1n) is 18.6. The topological polar surface area (TPSA) is 144 Å². The van der Waals surface area contributed by atoms with E-state index in [1.54, 1.807) is 13.0 Å². The van der Waals surface area contributed by atoms with E-state index in [0.29, 0.717) is 43.6 Å². The van der Waals surface area contributed by atoms with Crippen LogP contribution >= 0.6 is 0 Å². The first-order valence-corrected chi connectivity index (χ1v) is 18.6. The van der Waals surface area contributed by atoms with Gasteiger partial charge in [0.2, 0.25) is 0 Å². The number of fused-ring (bicyclic) bond motifs is 5. The molecule has 0 radical (unpaired) electrons. The summed E-state index contributed by atoms with van der Waals surface area (Å²) in [7, 11) is 0. The van der Waals surface area contributed by atoms with Crippen molar-refractivity contribution in [2.45, 2.75) is 111 Å². The number of allylic oxidation sites excluding steroid dienone is 1. The normalized spacial score (nSPS) is 36.5. The van der Waals surface area contributed by atoms with Crippen molar-refractivity contribution in [2.75, 3.05) is 19.8 Å². The Morgan fingerprint density at radius 3 is 2.34 bits per heavy atom. The molecule has 290 valence electrons. The average molecular weight is 737 g/mol. The standard InChI is InChI=1S/C42H56O11/c1-10-21-49-32-15-12-11-14-31(32)17-20-42(47)25(2)23-35(51-28(5)44)40(9)34(42)18-19-39(8)33-16-13-22-48-24-41(33,26(3)50-27(4)43)38(53-30(7)46)36(37(39)40)52-29(6)45/h10-16,23,26,33-38,47H,1,17-22,24H2,2-9H3/t26?,33?,34?,35-,36?,37?,38+,39+,40-,41-,42+/m1/s1. The Morgan fingerprint density at radius 2 is 1.70 bits per heavy atom. The molecule has 5 rings (SSSR count). The number of hydrogen-bond acceptors (Lipinski definition) is 11. The van der Waals surface area contributed by atoms with Crippen LogP contribution in [0.3, 0.4) is 0 Å². The molecule has 1 aromatic carbocycles. The molecular formula is C42H56O11. The van der Waals surface area contributed by atoms with Crippen molar-refractivity contribution in [2.24, 2.45) is 34.0 Å². The fourth-order valence-corrected chi connectivity index (χ4v) is 10.9. The molecule has 2 saturated carbocycles. The third kappa shape index (κ3) is 7.07. The number of carbonyl (C=O) groups excluding carboxylic acids is 4. The van der Waals surface area contributed by atoms with Gasteiger partial charge >= 0.3 is 23.9 Å². The number of aliphatic hydroxyl groups is 1. The first kappa shape index (κ1) is 40.2. The van der Waals surface area contributed by atoms with Crippen LogP contribution in [0, 0.1) is 34.0 Å². The van der Waals surface area contributed by atoms with E-state index in [-0.39, 0.29) is 13.2 Å². The molecule has 1 aromatic rings. The Hall–Kier alpha value is -3.96. The Balaban J connectivity index is 1.74. The van der Waals surface area contributed by atoms with E-state index in [0.717, 1.165) is 5.56 Å². The van der Waals surface area contributed by atoms with E-state index >= 15 is 0 Å². The predicted octanol–water partition coefficient (Wildman–Crippen LogP) is 5.86. The Kier molecular flexibility index (Phi) is 11.7. The van der Waals surface area contributed by atoms with Crippen molar-refractivity contribution in [3.05, 3.63) is 66.3 Å². The van der Waals surface area contributed by atoms with Crippen molar-refractivity contribution < 1.29 is 52.7 Å². The maximum atomic E-state index is 13.2.